The first-order valence-electron chi connectivity index (χ1n) is 8.19. The molecule has 27 heavy (non-hydrogen) atoms. The first kappa shape index (κ1) is 19.4. The summed E-state index contributed by atoms with van der Waals surface area (Å²) in [7, 11) is 0.362. The lowest BCUT2D eigenvalue weighted by molar-refractivity contribution is 0.0921. The van der Waals surface area contributed by atoms with Crippen LogP contribution in [0.15, 0.2) is 74.4 Å². The fourth-order valence-electron chi connectivity index (χ4n) is 2.51. The number of hydrogen-bond acceptors (Lipinski definition) is 4. The Bertz CT molecular complexity index is 956. The lowest BCUT2D eigenvalue weighted by Gasteiger charge is -2.09. The van der Waals surface area contributed by atoms with Crippen molar-refractivity contribution in [3.05, 3.63) is 82.2 Å². The molecule has 0 unspecified atom stereocenters. The van der Waals surface area contributed by atoms with Crippen molar-refractivity contribution < 1.29 is 18.2 Å². The van der Waals surface area contributed by atoms with Gasteiger partial charge in [0.25, 0.3) is 5.91 Å². The zero-order chi connectivity index (χ0) is 19.2. The first-order chi connectivity index (χ1) is 13.1. The van der Waals surface area contributed by atoms with Gasteiger partial charge in [0.05, 0.1) is 23.7 Å². The molecule has 140 valence electrons. The number of rotatable bonds is 7. The Morgan fingerprint density at radius 3 is 2.67 bits per heavy atom. The van der Waals surface area contributed by atoms with Crippen LogP contribution in [-0.2, 0) is 23.1 Å². The molecule has 5 nitrogen and oxygen atoms in total. The molecule has 0 saturated carbocycles. The Morgan fingerprint density at radius 1 is 1.15 bits per heavy atom. The van der Waals surface area contributed by atoms with Crippen molar-refractivity contribution in [1.82, 2.24) is 5.32 Å². The number of ether oxygens (including phenoxy) is 1. The average molecular weight is 448 g/mol. The van der Waals surface area contributed by atoms with E-state index < -0.39 is 10.8 Å². The van der Waals surface area contributed by atoms with Gasteiger partial charge in [-0.15, -0.1) is 0 Å². The Labute approximate surface area is 168 Å². The summed E-state index contributed by atoms with van der Waals surface area (Å²) >= 11 is 3.41. The van der Waals surface area contributed by atoms with Crippen LogP contribution in [0.3, 0.4) is 0 Å². The van der Waals surface area contributed by atoms with Crippen LogP contribution in [0, 0.1) is 0 Å². The molecule has 1 aromatic heterocycles. The van der Waals surface area contributed by atoms with Gasteiger partial charge >= 0.3 is 0 Å². The minimum Gasteiger partial charge on any atom is -0.496 e. The van der Waals surface area contributed by atoms with E-state index in [-0.39, 0.29) is 17.4 Å². The van der Waals surface area contributed by atoms with E-state index in [4.69, 9.17) is 9.15 Å². The molecule has 3 aromatic rings. The van der Waals surface area contributed by atoms with Gasteiger partial charge in [0.2, 0.25) is 0 Å². The highest BCUT2D eigenvalue weighted by molar-refractivity contribution is 9.10. The van der Waals surface area contributed by atoms with Crippen LogP contribution in [0.1, 0.15) is 21.9 Å². The highest BCUT2D eigenvalue weighted by Crippen LogP contribution is 2.23. The molecule has 0 aliphatic heterocycles. The Morgan fingerprint density at radius 2 is 1.93 bits per heavy atom. The molecule has 0 aliphatic carbocycles. The van der Waals surface area contributed by atoms with Crippen LogP contribution in [0.5, 0.6) is 5.75 Å². The SMILES string of the molecule is COc1ccc(Br)cc1CNC(=O)c1ccc(C[S@@](=O)c2ccccc2)o1. The van der Waals surface area contributed by atoms with Gasteiger partial charge in [0, 0.05) is 21.5 Å². The molecule has 0 spiro atoms. The molecule has 0 radical (unpaired) electrons. The summed E-state index contributed by atoms with van der Waals surface area (Å²) in [5.41, 5.74) is 0.845. The normalized spacial score (nSPS) is 11.8. The second kappa shape index (κ2) is 9.01. The van der Waals surface area contributed by atoms with Crippen LogP contribution >= 0.6 is 15.9 Å². The van der Waals surface area contributed by atoms with Gasteiger partial charge in [0.15, 0.2) is 5.76 Å². The molecule has 0 aliphatic rings. The fourth-order valence-corrected chi connectivity index (χ4v) is 3.96. The van der Waals surface area contributed by atoms with E-state index in [1.165, 1.54) is 0 Å². The Balaban J connectivity index is 1.62. The fraction of sp³-hybridized carbons (Fsp3) is 0.150. The first-order valence-corrected chi connectivity index (χ1v) is 10.3. The zero-order valence-corrected chi connectivity index (χ0v) is 17.0. The molecule has 1 atom stereocenters. The van der Waals surface area contributed by atoms with Crippen molar-refractivity contribution in [2.45, 2.75) is 17.2 Å². The summed E-state index contributed by atoms with van der Waals surface area (Å²) < 4.78 is 24.1. The number of methoxy groups -OCH3 is 1. The highest BCUT2D eigenvalue weighted by atomic mass is 79.9. The number of furan rings is 1. The maximum Gasteiger partial charge on any atom is 0.287 e. The van der Waals surface area contributed by atoms with Gasteiger partial charge in [-0.05, 0) is 42.5 Å². The summed E-state index contributed by atoms with van der Waals surface area (Å²) in [5, 5.41) is 2.81. The number of carbonyl (C=O) groups excluding carboxylic acids is 1. The summed E-state index contributed by atoms with van der Waals surface area (Å²) in [4.78, 5) is 13.1. The average Bonchev–Trinajstić information content (AvgIpc) is 3.15. The Kier molecular flexibility index (Phi) is 6.47. The number of halogens is 1. The van der Waals surface area contributed by atoms with Gasteiger partial charge in [-0.25, -0.2) is 0 Å². The Hall–Kier alpha value is -2.38. The monoisotopic (exact) mass is 447 g/mol. The van der Waals surface area contributed by atoms with E-state index in [2.05, 4.69) is 21.2 Å². The lowest BCUT2D eigenvalue weighted by Crippen LogP contribution is -2.22. The minimum atomic E-state index is -1.22. The van der Waals surface area contributed by atoms with Gasteiger partial charge in [-0.2, -0.15) is 0 Å². The maximum atomic E-state index is 12.3. The molecular formula is C20H18BrNO4S. The van der Waals surface area contributed by atoms with Gasteiger partial charge in [0.1, 0.15) is 11.5 Å². The summed E-state index contributed by atoms with van der Waals surface area (Å²) in [5.74, 6) is 1.26. The molecule has 1 amide bonds. The number of hydrogen-bond donors (Lipinski definition) is 1. The minimum absolute atomic E-state index is 0.184. The summed E-state index contributed by atoms with van der Waals surface area (Å²) in [6, 6.07) is 18.0. The van der Waals surface area contributed by atoms with Crippen molar-refractivity contribution in [2.75, 3.05) is 7.11 Å². The zero-order valence-electron chi connectivity index (χ0n) is 14.6. The third kappa shape index (κ3) is 5.08. The van der Waals surface area contributed by atoms with E-state index in [0.717, 1.165) is 14.9 Å². The van der Waals surface area contributed by atoms with Crippen LogP contribution in [0.25, 0.3) is 0 Å². The van der Waals surface area contributed by atoms with Crippen molar-refractivity contribution in [2.24, 2.45) is 0 Å². The van der Waals surface area contributed by atoms with Gasteiger partial charge < -0.3 is 14.5 Å². The molecule has 0 fully saturated rings. The molecule has 2 aromatic carbocycles. The van der Waals surface area contributed by atoms with E-state index >= 15 is 0 Å². The molecule has 0 saturated heterocycles. The van der Waals surface area contributed by atoms with E-state index in [1.54, 1.807) is 31.4 Å². The molecule has 3 rings (SSSR count). The van der Waals surface area contributed by atoms with Crippen molar-refractivity contribution >= 4 is 32.6 Å². The smallest absolute Gasteiger partial charge is 0.287 e. The van der Waals surface area contributed by atoms with Gasteiger partial charge in [-0.3, -0.25) is 9.00 Å². The van der Waals surface area contributed by atoms with E-state index in [0.29, 0.717) is 18.1 Å². The van der Waals surface area contributed by atoms with E-state index in [1.807, 2.05) is 36.4 Å². The second-order valence-electron chi connectivity index (χ2n) is 5.71. The van der Waals surface area contributed by atoms with Crippen molar-refractivity contribution in [1.29, 1.82) is 0 Å². The largest absolute Gasteiger partial charge is 0.496 e. The number of nitrogens with one attached hydrogen (secondary N) is 1. The van der Waals surface area contributed by atoms with Crippen LogP contribution < -0.4 is 10.1 Å². The van der Waals surface area contributed by atoms with Crippen LogP contribution in [-0.4, -0.2) is 17.2 Å². The summed E-state index contributed by atoms with van der Waals surface area (Å²) in [6.45, 7) is 0.299. The van der Waals surface area contributed by atoms with Crippen LogP contribution in [0.4, 0.5) is 0 Å². The number of carbonyl (C=O) groups is 1. The molecule has 1 heterocycles. The third-order valence-electron chi connectivity index (χ3n) is 3.85. The number of amides is 1. The predicted octanol–water partition coefficient (Wildman–Crippen LogP) is 4.29. The highest BCUT2D eigenvalue weighted by Gasteiger charge is 2.14. The topological polar surface area (TPSA) is 68.5 Å². The summed E-state index contributed by atoms with van der Waals surface area (Å²) in [6.07, 6.45) is 0. The number of benzene rings is 2. The third-order valence-corrected chi connectivity index (χ3v) is 5.68. The molecule has 0 bridgehead atoms. The van der Waals surface area contributed by atoms with Crippen molar-refractivity contribution in [3.8, 4) is 5.75 Å². The standard InChI is InChI=1S/C20H18BrNO4S/c1-25-18-9-7-15(21)11-14(18)12-22-20(23)19-10-8-16(26-19)13-27(24)17-5-3-2-4-6-17/h2-11H,12-13H2,1H3,(H,22,23)/t27-/m1/s1. The molecule has 1 N–H and O–H groups in total. The van der Waals surface area contributed by atoms with Gasteiger partial charge in [-0.1, -0.05) is 34.1 Å². The van der Waals surface area contributed by atoms with Crippen molar-refractivity contribution in [3.63, 3.8) is 0 Å². The quantitative estimate of drug-likeness (QED) is 0.586. The second-order valence-corrected chi connectivity index (χ2v) is 8.07. The maximum absolute atomic E-state index is 12.3. The molecule has 7 heteroatoms. The van der Waals surface area contributed by atoms with Crippen LogP contribution in [0.2, 0.25) is 0 Å². The molecular weight excluding hydrogens is 430 g/mol. The predicted molar refractivity (Wildman–Crippen MR) is 107 cm³/mol. The lowest BCUT2D eigenvalue weighted by atomic mass is 10.2. The van der Waals surface area contributed by atoms with E-state index in [9.17, 15) is 9.00 Å².